The fourth-order valence-electron chi connectivity index (χ4n) is 3.26. The lowest BCUT2D eigenvalue weighted by molar-refractivity contribution is -0.141. The van der Waals surface area contributed by atoms with Crippen molar-refractivity contribution in [3.05, 3.63) is 46.4 Å². The second kappa shape index (κ2) is 9.89. The molecule has 2 heterocycles. The number of ether oxygens (including phenoxy) is 1. The lowest BCUT2D eigenvalue weighted by atomic mass is 10.2. The standard InChI is InChI=1S/C21H29N3O3S/c1-22-10-3-6-18(22)15-24(17-8-9-17)21(26)16-23(11-5-12-27-2)20(25)14-19-7-4-13-28-19/h3-4,6-7,10,13,17H,5,8-9,11-12,14-16H2,1-2H3. The van der Waals surface area contributed by atoms with Gasteiger partial charge in [0.1, 0.15) is 0 Å². The Hall–Kier alpha value is -2.12. The van der Waals surface area contributed by atoms with Crippen LogP contribution in [0.1, 0.15) is 29.8 Å². The fraction of sp³-hybridized carbons (Fsp3) is 0.524. The Morgan fingerprint density at radius 2 is 2.07 bits per heavy atom. The molecule has 0 unspecified atom stereocenters. The van der Waals surface area contributed by atoms with Crippen LogP contribution >= 0.6 is 11.3 Å². The number of hydrogen-bond donors (Lipinski definition) is 0. The van der Waals surface area contributed by atoms with Crippen molar-refractivity contribution in [2.24, 2.45) is 7.05 Å². The summed E-state index contributed by atoms with van der Waals surface area (Å²) >= 11 is 1.57. The summed E-state index contributed by atoms with van der Waals surface area (Å²) in [7, 11) is 3.64. The van der Waals surface area contributed by atoms with Crippen molar-refractivity contribution in [3.8, 4) is 0 Å². The van der Waals surface area contributed by atoms with E-state index in [9.17, 15) is 9.59 Å². The summed E-state index contributed by atoms with van der Waals surface area (Å²) in [5.41, 5.74) is 1.11. The van der Waals surface area contributed by atoms with Crippen LogP contribution in [0.5, 0.6) is 0 Å². The van der Waals surface area contributed by atoms with E-state index < -0.39 is 0 Å². The molecule has 1 fully saturated rings. The molecule has 7 heteroatoms. The summed E-state index contributed by atoms with van der Waals surface area (Å²) in [6.45, 7) is 1.84. The van der Waals surface area contributed by atoms with Crippen molar-refractivity contribution >= 4 is 23.2 Å². The zero-order chi connectivity index (χ0) is 19.9. The Balaban J connectivity index is 1.65. The van der Waals surface area contributed by atoms with Gasteiger partial charge in [-0.1, -0.05) is 6.07 Å². The maximum absolute atomic E-state index is 13.1. The molecule has 2 amide bonds. The number of nitrogens with zero attached hydrogens (tertiary/aromatic N) is 3. The van der Waals surface area contributed by atoms with Gasteiger partial charge in [-0.3, -0.25) is 9.59 Å². The largest absolute Gasteiger partial charge is 0.385 e. The predicted molar refractivity (Wildman–Crippen MR) is 110 cm³/mol. The second-order valence-corrected chi connectivity index (χ2v) is 8.31. The number of thiophene rings is 1. The molecule has 0 saturated heterocycles. The molecule has 6 nitrogen and oxygen atoms in total. The van der Waals surface area contributed by atoms with Gasteiger partial charge in [-0.05, 0) is 42.8 Å². The molecule has 0 radical (unpaired) electrons. The Morgan fingerprint density at radius 1 is 1.25 bits per heavy atom. The summed E-state index contributed by atoms with van der Waals surface area (Å²) in [6.07, 6.45) is 5.15. The highest BCUT2D eigenvalue weighted by atomic mass is 32.1. The van der Waals surface area contributed by atoms with E-state index in [1.165, 1.54) is 0 Å². The van der Waals surface area contributed by atoms with E-state index in [0.29, 0.717) is 32.2 Å². The number of carbonyl (C=O) groups excluding carboxylic acids is 2. The predicted octanol–water partition coefficient (Wildman–Crippen LogP) is 2.69. The van der Waals surface area contributed by atoms with E-state index in [-0.39, 0.29) is 18.4 Å². The smallest absolute Gasteiger partial charge is 0.242 e. The van der Waals surface area contributed by atoms with Crippen molar-refractivity contribution in [2.45, 2.75) is 38.3 Å². The molecule has 1 aliphatic rings. The van der Waals surface area contributed by atoms with Gasteiger partial charge in [0.15, 0.2) is 0 Å². The lowest BCUT2D eigenvalue weighted by Gasteiger charge is -2.28. The molecule has 0 N–H and O–H groups in total. The van der Waals surface area contributed by atoms with Crippen LogP contribution in [0.15, 0.2) is 35.8 Å². The minimum atomic E-state index is 0.00140. The van der Waals surface area contributed by atoms with E-state index in [1.807, 2.05) is 52.4 Å². The van der Waals surface area contributed by atoms with Crippen molar-refractivity contribution < 1.29 is 14.3 Å². The van der Waals surface area contributed by atoms with Gasteiger partial charge >= 0.3 is 0 Å². The molecule has 152 valence electrons. The maximum Gasteiger partial charge on any atom is 0.242 e. The summed E-state index contributed by atoms with van der Waals surface area (Å²) in [5, 5.41) is 1.97. The van der Waals surface area contributed by atoms with Crippen LogP contribution < -0.4 is 0 Å². The average molecular weight is 404 g/mol. The van der Waals surface area contributed by atoms with Gasteiger partial charge in [-0.25, -0.2) is 0 Å². The molecule has 2 aromatic heterocycles. The van der Waals surface area contributed by atoms with Crippen molar-refractivity contribution in [1.82, 2.24) is 14.4 Å². The van der Waals surface area contributed by atoms with Crippen molar-refractivity contribution in [2.75, 3.05) is 26.8 Å². The van der Waals surface area contributed by atoms with Crippen LogP contribution in [-0.2, 0) is 34.3 Å². The zero-order valence-corrected chi connectivity index (χ0v) is 17.5. The van der Waals surface area contributed by atoms with Gasteiger partial charge in [0.25, 0.3) is 0 Å². The Labute approximate surface area is 170 Å². The summed E-state index contributed by atoms with van der Waals surface area (Å²) in [4.78, 5) is 30.6. The Morgan fingerprint density at radius 3 is 2.68 bits per heavy atom. The summed E-state index contributed by atoms with van der Waals surface area (Å²) < 4.78 is 7.17. The molecule has 0 bridgehead atoms. The van der Waals surface area contributed by atoms with Gasteiger partial charge < -0.3 is 19.1 Å². The molecule has 3 rings (SSSR count). The first-order chi connectivity index (χ1) is 13.6. The highest BCUT2D eigenvalue weighted by Gasteiger charge is 2.34. The normalized spacial score (nSPS) is 13.5. The lowest BCUT2D eigenvalue weighted by Crippen LogP contribution is -2.44. The Bertz CT molecular complexity index is 768. The number of amides is 2. The molecular formula is C21H29N3O3S. The number of rotatable bonds is 11. The topological polar surface area (TPSA) is 54.8 Å². The van der Waals surface area contributed by atoms with Gasteiger partial charge in [-0.2, -0.15) is 0 Å². The van der Waals surface area contributed by atoms with Crippen molar-refractivity contribution in [3.63, 3.8) is 0 Å². The van der Waals surface area contributed by atoms with Crippen LogP contribution in [0.3, 0.4) is 0 Å². The number of methoxy groups -OCH3 is 1. The quantitative estimate of drug-likeness (QED) is 0.542. The highest BCUT2D eigenvalue weighted by Crippen LogP contribution is 2.28. The average Bonchev–Trinajstić information content (AvgIpc) is 3.23. The van der Waals surface area contributed by atoms with Crippen LogP contribution in [0.4, 0.5) is 0 Å². The van der Waals surface area contributed by atoms with E-state index in [2.05, 4.69) is 0 Å². The van der Waals surface area contributed by atoms with Crippen LogP contribution in [0, 0.1) is 0 Å². The van der Waals surface area contributed by atoms with E-state index in [1.54, 1.807) is 23.3 Å². The monoisotopic (exact) mass is 403 g/mol. The molecule has 28 heavy (non-hydrogen) atoms. The number of aryl methyl sites for hydroxylation is 1. The molecule has 0 aromatic carbocycles. The number of hydrogen-bond acceptors (Lipinski definition) is 4. The molecule has 2 aromatic rings. The minimum Gasteiger partial charge on any atom is -0.385 e. The van der Waals surface area contributed by atoms with Crippen molar-refractivity contribution in [1.29, 1.82) is 0 Å². The summed E-state index contributed by atoms with van der Waals surface area (Å²) in [5.74, 6) is 0.0298. The second-order valence-electron chi connectivity index (χ2n) is 7.28. The van der Waals surface area contributed by atoms with E-state index in [0.717, 1.165) is 29.8 Å². The highest BCUT2D eigenvalue weighted by molar-refractivity contribution is 7.10. The van der Waals surface area contributed by atoms with Crippen LogP contribution in [0.2, 0.25) is 0 Å². The third-order valence-corrected chi connectivity index (χ3v) is 5.93. The van der Waals surface area contributed by atoms with E-state index in [4.69, 9.17) is 4.74 Å². The molecule has 0 spiro atoms. The molecule has 0 atom stereocenters. The van der Waals surface area contributed by atoms with Crippen LogP contribution in [0.25, 0.3) is 0 Å². The first kappa shape index (κ1) is 20.6. The summed E-state index contributed by atoms with van der Waals surface area (Å²) in [6, 6.07) is 8.25. The first-order valence-electron chi connectivity index (χ1n) is 9.77. The molecular weight excluding hydrogens is 374 g/mol. The minimum absolute atomic E-state index is 0.00140. The number of carbonyl (C=O) groups is 2. The third-order valence-electron chi connectivity index (χ3n) is 5.05. The van der Waals surface area contributed by atoms with Gasteiger partial charge in [-0.15, -0.1) is 11.3 Å². The Kier molecular flexibility index (Phi) is 7.28. The van der Waals surface area contributed by atoms with Crippen LogP contribution in [-0.4, -0.2) is 59.0 Å². The van der Waals surface area contributed by atoms with Gasteiger partial charge in [0, 0.05) is 50.1 Å². The zero-order valence-electron chi connectivity index (χ0n) is 16.7. The van der Waals surface area contributed by atoms with Gasteiger partial charge in [0.05, 0.1) is 19.5 Å². The molecule has 1 aliphatic carbocycles. The maximum atomic E-state index is 13.1. The SMILES string of the molecule is COCCCN(CC(=O)N(Cc1cccn1C)C1CC1)C(=O)Cc1cccs1. The van der Waals surface area contributed by atoms with E-state index >= 15 is 0 Å². The third kappa shape index (κ3) is 5.69. The van der Waals surface area contributed by atoms with Gasteiger partial charge in [0.2, 0.25) is 11.8 Å². The fourth-order valence-corrected chi connectivity index (χ4v) is 3.96. The molecule has 1 saturated carbocycles. The molecule has 0 aliphatic heterocycles. The first-order valence-corrected chi connectivity index (χ1v) is 10.6. The number of aromatic nitrogens is 1.